The van der Waals surface area contributed by atoms with E-state index in [1.54, 1.807) is 0 Å². The first-order chi connectivity index (χ1) is 9.97. The van der Waals surface area contributed by atoms with Crippen molar-refractivity contribution in [3.63, 3.8) is 0 Å². The van der Waals surface area contributed by atoms with E-state index in [1.807, 2.05) is 7.05 Å². The van der Waals surface area contributed by atoms with Gasteiger partial charge in [-0.05, 0) is 73.5 Å². The molecule has 1 aliphatic rings. The number of ketones is 1. The van der Waals surface area contributed by atoms with Crippen LogP contribution in [0, 0.1) is 17.1 Å². The van der Waals surface area contributed by atoms with Crippen LogP contribution in [0.2, 0.25) is 0 Å². The maximum atomic E-state index is 13.2. The zero-order valence-corrected chi connectivity index (χ0v) is 13.5. The Morgan fingerprint density at radius 1 is 1.43 bits per heavy atom. The van der Waals surface area contributed by atoms with Crippen molar-refractivity contribution in [1.29, 1.82) is 5.41 Å². The second-order valence-electron chi connectivity index (χ2n) is 5.42. The van der Waals surface area contributed by atoms with Crippen molar-refractivity contribution in [2.24, 2.45) is 5.92 Å². The van der Waals surface area contributed by atoms with Crippen LogP contribution in [-0.2, 0) is 4.79 Å². The molecule has 114 valence electrons. The van der Waals surface area contributed by atoms with Crippen LogP contribution in [-0.4, -0.2) is 36.7 Å². The fourth-order valence-corrected chi connectivity index (χ4v) is 2.86. The summed E-state index contributed by atoms with van der Waals surface area (Å²) >= 11 is 3.09. The van der Waals surface area contributed by atoms with Gasteiger partial charge in [0.1, 0.15) is 5.82 Å². The zero-order chi connectivity index (χ0) is 15.4. The predicted octanol–water partition coefficient (Wildman–Crippen LogP) is 3.28. The Hall–Kier alpha value is -1.27. The van der Waals surface area contributed by atoms with E-state index in [0.717, 1.165) is 32.4 Å². The summed E-state index contributed by atoms with van der Waals surface area (Å²) in [6, 6.07) is 4.34. The topological polar surface area (TPSA) is 56.2 Å². The number of rotatable bonds is 3. The number of benzene rings is 1. The Balaban J connectivity index is 1.98. The van der Waals surface area contributed by atoms with Crippen LogP contribution in [0.3, 0.4) is 0 Å². The Labute approximate surface area is 132 Å². The van der Waals surface area contributed by atoms with E-state index in [-0.39, 0.29) is 23.4 Å². The normalized spacial score (nSPS) is 19.9. The van der Waals surface area contributed by atoms with Crippen LogP contribution < -0.4 is 5.32 Å². The number of nitrogens with zero attached hydrogens (tertiary/aromatic N) is 1. The first-order valence-electron chi connectivity index (χ1n) is 7.00. The van der Waals surface area contributed by atoms with Crippen molar-refractivity contribution in [1.82, 2.24) is 4.90 Å². The van der Waals surface area contributed by atoms with Gasteiger partial charge in [-0.2, -0.15) is 0 Å². The van der Waals surface area contributed by atoms with Crippen molar-refractivity contribution in [3.05, 3.63) is 28.5 Å². The largest absolute Gasteiger partial charge is 0.338 e. The molecule has 1 aromatic carbocycles. The maximum Gasteiger partial charge on any atom is 0.200 e. The van der Waals surface area contributed by atoms with Gasteiger partial charge in [-0.1, -0.05) is 0 Å². The average Bonchev–Trinajstić information content (AvgIpc) is 2.67. The van der Waals surface area contributed by atoms with Crippen LogP contribution in [0.1, 0.15) is 19.3 Å². The van der Waals surface area contributed by atoms with Crippen molar-refractivity contribution < 1.29 is 9.18 Å². The maximum absolute atomic E-state index is 13.2. The van der Waals surface area contributed by atoms with Crippen molar-refractivity contribution in [3.8, 4) is 0 Å². The molecule has 1 aliphatic heterocycles. The van der Waals surface area contributed by atoms with E-state index in [9.17, 15) is 9.18 Å². The van der Waals surface area contributed by atoms with Crippen LogP contribution in [0.25, 0.3) is 0 Å². The molecule has 1 unspecified atom stereocenters. The molecular weight excluding hydrogens is 337 g/mol. The van der Waals surface area contributed by atoms with Gasteiger partial charge in [0.05, 0.1) is 4.47 Å². The number of nitrogens with one attached hydrogen (secondary N) is 2. The quantitative estimate of drug-likeness (QED) is 0.646. The average molecular weight is 356 g/mol. The lowest BCUT2D eigenvalue weighted by Gasteiger charge is -2.15. The number of amidine groups is 1. The van der Waals surface area contributed by atoms with Crippen LogP contribution in [0.4, 0.5) is 10.1 Å². The molecule has 1 heterocycles. The Morgan fingerprint density at radius 2 is 2.19 bits per heavy atom. The van der Waals surface area contributed by atoms with Crippen molar-refractivity contribution >= 4 is 33.2 Å². The minimum Gasteiger partial charge on any atom is -0.338 e. The zero-order valence-electron chi connectivity index (χ0n) is 12.0. The van der Waals surface area contributed by atoms with Gasteiger partial charge in [-0.15, -0.1) is 0 Å². The summed E-state index contributed by atoms with van der Waals surface area (Å²) in [7, 11) is 2.05. The van der Waals surface area contributed by atoms with Gasteiger partial charge in [-0.25, -0.2) is 4.39 Å². The van der Waals surface area contributed by atoms with E-state index in [0.29, 0.717) is 10.2 Å². The highest BCUT2D eigenvalue weighted by molar-refractivity contribution is 9.10. The van der Waals surface area contributed by atoms with Crippen molar-refractivity contribution in [2.75, 3.05) is 25.5 Å². The minimum atomic E-state index is -0.370. The summed E-state index contributed by atoms with van der Waals surface area (Å²) in [5.74, 6) is -0.752. The predicted molar refractivity (Wildman–Crippen MR) is 85.3 cm³/mol. The first kappa shape index (κ1) is 16.1. The molecule has 0 radical (unpaired) electrons. The number of Topliss-reactive ketones (excluding diaryl/α,β-unsaturated/α-hetero) is 1. The van der Waals surface area contributed by atoms with E-state index in [1.165, 1.54) is 18.2 Å². The molecule has 0 amide bonds. The van der Waals surface area contributed by atoms with Gasteiger partial charge in [0.25, 0.3) is 0 Å². The van der Waals surface area contributed by atoms with E-state index < -0.39 is 0 Å². The Morgan fingerprint density at radius 3 is 2.90 bits per heavy atom. The molecular formula is C15H19BrFN3O. The molecule has 2 rings (SSSR count). The number of hydrogen-bond acceptors (Lipinski definition) is 3. The van der Waals surface area contributed by atoms with E-state index in [2.05, 4.69) is 26.1 Å². The molecule has 2 N–H and O–H groups in total. The number of carbonyl (C=O) groups excluding carboxylic acids is 1. The summed E-state index contributed by atoms with van der Waals surface area (Å²) in [6.07, 6.45) is 2.58. The lowest BCUT2D eigenvalue weighted by Crippen LogP contribution is -2.29. The third-order valence-electron chi connectivity index (χ3n) is 3.76. The number of carbonyl (C=O) groups is 1. The molecule has 0 aromatic heterocycles. The molecule has 0 spiro atoms. The molecule has 0 aliphatic carbocycles. The highest BCUT2D eigenvalue weighted by Crippen LogP contribution is 2.21. The third-order valence-corrected chi connectivity index (χ3v) is 4.37. The van der Waals surface area contributed by atoms with Gasteiger partial charge in [0.15, 0.2) is 5.84 Å². The van der Waals surface area contributed by atoms with Gasteiger partial charge in [-0.3, -0.25) is 10.2 Å². The summed E-state index contributed by atoms with van der Waals surface area (Å²) in [4.78, 5) is 14.5. The smallest absolute Gasteiger partial charge is 0.200 e. The monoisotopic (exact) mass is 355 g/mol. The number of halogens is 2. The summed E-state index contributed by atoms with van der Waals surface area (Å²) < 4.78 is 13.5. The number of anilines is 1. The van der Waals surface area contributed by atoms with Gasteiger partial charge in [0, 0.05) is 11.6 Å². The number of hydrogen-bond donors (Lipinski definition) is 2. The van der Waals surface area contributed by atoms with Crippen LogP contribution in [0.5, 0.6) is 0 Å². The fourth-order valence-electron chi connectivity index (χ4n) is 2.49. The molecule has 1 saturated heterocycles. The molecule has 4 nitrogen and oxygen atoms in total. The van der Waals surface area contributed by atoms with Crippen molar-refractivity contribution in [2.45, 2.75) is 19.3 Å². The molecule has 1 atom stereocenters. The van der Waals surface area contributed by atoms with E-state index in [4.69, 9.17) is 5.41 Å². The summed E-state index contributed by atoms with van der Waals surface area (Å²) in [5, 5.41) is 10.7. The van der Waals surface area contributed by atoms with Crippen LogP contribution >= 0.6 is 15.9 Å². The van der Waals surface area contributed by atoms with Crippen LogP contribution in [0.15, 0.2) is 22.7 Å². The van der Waals surface area contributed by atoms with Gasteiger partial charge in [0.2, 0.25) is 5.78 Å². The van der Waals surface area contributed by atoms with Gasteiger partial charge >= 0.3 is 0 Å². The second-order valence-corrected chi connectivity index (χ2v) is 6.28. The fraction of sp³-hybridized carbons (Fsp3) is 0.467. The molecule has 1 fully saturated rings. The third kappa shape index (κ3) is 4.35. The number of likely N-dealkylation sites (tertiary alicyclic amines) is 1. The molecule has 21 heavy (non-hydrogen) atoms. The Kier molecular flexibility index (Phi) is 5.47. The molecule has 6 heteroatoms. The molecule has 0 saturated carbocycles. The lowest BCUT2D eigenvalue weighted by molar-refractivity contribution is -0.116. The SMILES string of the molecule is CN1CCCC(C(=O)C(=N)Nc2ccc(F)c(Br)c2)CC1. The highest BCUT2D eigenvalue weighted by Gasteiger charge is 2.24. The first-order valence-corrected chi connectivity index (χ1v) is 7.80. The minimum absolute atomic E-state index is 0.0983. The second kappa shape index (κ2) is 7.13. The molecule has 1 aromatic rings. The summed E-state index contributed by atoms with van der Waals surface area (Å²) in [6.45, 7) is 1.88. The Bertz CT molecular complexity index is 550. The highest BCUT2D eigenvalue weighted by atomic mass is 79.9. The lowest BCUT2D eigenvalue weighted by atomic mass is 9.95. The van der Waals surface area contributed by atoms with Gasteiger partial charge < -0.3 is 10.2 Å². The summed E-state index contributed by atoms with van der Waals surface area (Å²) in [5.41, 5.74) is 0.535. The molecule has 0 bridgehead atoms. The van der Waals surface area contributed by atoms with E-state index >= 15 is 0 Å². The standard InChI is InChI=1S/C15H19BrFN3O/c1-20-7-2-3-10(6-8-20)14(21)15(18)19-11-4-5-13(17)12(16)9-11/h4-5,9-10H,2-3,6-8H2,1H3,(H2,18,19).